The third kappa shape index (κ3) is 2.94. The van der Waals surface area contributed by atoms with Crippen molar-refractivity contribution in [2.45, 2.75) is 36.7 Å². The molecule has 5 rings (SSSR count). The normalized spacial score (nSPS) is 22.4. The number of piperidine rings is 1. The molecule has 2 unspecified atom stereocenters. The van der Waals surface area contributed by atoms with Gasteiger partial charge in [-0.2, -0.15) is 4.31 Å². The van der Waals surface area contributed by atoms with E-state index in [0.717, 1.165) is 6.42 Å². The Morgan fingerprint density at radius 2 is 1.85 bits per heavy atom. The number of nitrogens with zero attached hydrogens (tertiary/aromatic N) is 4. The molecule has 1 aromatic heterocycles. The first-order valence-corrected chi connectivity index (χ1v) is 10.3. The fourth-order valence-electron chi connectivity index (χ4n) is 3.87. The van der Waals surface area contributed by atoms with Crippen LogP contribution in [0.25, 0.3) is 0 Å². The van der Waals surface area contributed by atoms with E-state index >= 15 is 0 Å². The minimum absolute atomic E-state index is 0.185. The number of halogens is 1. The van der Waals surface area contributed by atoms with Crippen molar-refractivity contribution in [3.05, 3.63) is 42.1 Å². The molecule has 7 nitrogen and oxygen atoms in total. The summed E-state index contributed by atoms with van der Waals surface area (Å²) in [6.07, 6.45) is 2.63. The Hall–Kier alpha value is -2.26. The maximum absolute atomic E-state index is 14.6. The molecule has 3 aliphatic rings. The molecule has 0 saturated carbocycles. The predicted molar refractivity (Wildman–Crippen MR) is 97.8 cm³/mol. The van der Waals surface area contributed by atoms with Crippen LogP contribution in [-0.2, 0) is 16.4 Å². The van der Waals surface area contributed by atoms with Gasteiger partial charge in [-0.25, -0.2) is 22.8 Å². The summed E-state index contributed by atoms with van der Waals surface area (Å²) >= 11 is 0. The van der Waals surface area contributed by atoms with Gasteiger partial charge in [0, 0.05) is 25.2 Å². The Morgan fingerprint density at radius 1 is 1.19 bits per heavy atom. The average Bonchev–Trinajstić information content (AvgIpc) is 2.67. The first-order valence-electron chi connectivity index (χ1n) is 8.87. The molecule has 0 amide bonds. The zero-order valence-electron chi connectivity index (χ0n) is 15.2. The van der Waals surface area contributed by atoms with Crippen molar-refractivity contribution in [1.29, 1.82) is 0 Å². The van der Waals surface area contributed by atoms with Crippen LogP contribution in [0.4, 0.5) is 10.2 Å². The first-order chi connectivity index (χ1) is 13.0. The number of hydrogen-bond donors (Lipinski definition) is 0. The summed E-state index contributed by atoms with van der Waals surface area (Å²) in [4.78, 5) is 10.1. The number of anilines is 1. The Labute approximate surface area is 157 Å². The summed E-state index contributed by atoms with van der Waals surface area (Å²) in [5.41, 5.74) is 0.377. The number of fused-ring (bicyclic) bond motifs is 2. The molecular formula is C18H21FN4O3S. The minimum atomic E-state index is -3.59. The van der Waals surface area contributed by atoms with Gasteiger partial charge in [0.15, 0.2) is 11.6 Å². The standard InChI is InChI=1S/C18H21FN4O3S/c1-3-16-17(19)18(21-11-20-16)22-9-12-8-13(10-22)23(12)27(24,25)15-6-4-14(26-2)5-7-15/h4-7,11-13H,3,8-10H2,1-2H3. The van der Waals surface area contributed by atoms with E-state index in [9.17, 15) is 12.8 Å². The van der Waals surface area contributed by atoms with E-state index in [4.69, 9.17) is 4.74 Å². The van der Waals surface area contributed by atoms with E-state index in [-0.39, 0.29) is 22.8 Å². The van der Waals surface area contributed by atoms with Crippen molar-refractivity contribution in [3.8, 4) is 5.75 Å². The summed E-state index contributed by atoms with van der Waals surface area (Å²) in [6.45, 7) is 2.68. The van der Waals surface area contributed by atoms with E-state index in [1.165, 1.54) is 13.4 Å². The summed E-state index contributed by atoms with van der Waals surface area (Å²) in [5.74, 6) is 0.457. The van der Waals surface area contributed by atoms with Gasteiger partial charge >= 0.3 is 0 Å². The lowest BCUT2D eigenvalue weighted by molar-refractivity contribution is 0.0870. The smallest absolute Gasteiger partial charge is 0.243 e. The SMILES string of the molecule is CCc1ncnc(N2CC3CC(C2)N3S(=O)(=O)c2ccc(OC)cc2)c1F. The van der Waals surface area contributed by atoms with Crippen LogP contribution < -0.4 is 9.64 Å². The van der Waals surface area contributed by atoms with Crippen LogP contribution >= 0.6 is 0 Å². The number of methoxy groups -OCH3 is 1. The van der Waals surface area contributed by atoms with E-state index in [2.05, 4.69) is 9.97 Å². The van der Waals surface area contributed by atoms with Gasteiger partial charge in [-0.1, -0.05) is 6.92 Å². The second kappa shape index (κ2) is 6.72. The van der Waals surface area contributed by atoms with Gasteiger partial charge in [0.25, 0.3) is 0 Å². The lowest BCUT2D eigenvalue weighted by atomic mass is 9.91. The molecular weight excluding hydrogens is 371 g/mol. The number of benzene rings is 1. The van der Waals surface area contributed by atoms with Gasteiger partial charge in [-0.15, -0.1) is 0 Å². The maximum atomic E-state index is 14.6. The quantitative estimate of drug-likeness (QED) is 0.773. The van der Waals surface area contributed by atoms with Crippen molar-refractivity contribution in [2.24, 2.45) is 0 Å². The highest BCUT2D eigenvalue weighted by molar-refractivity contribution is 7.89. The molecule has 3 fully saturated rings. The van der Waals surface area contributed by atoms with Gasteiger partial charge in [-0.05, 0) is 37.1 Å². The van der Waals surface area contributed by atoms with Crippen molar-refractivity contribution in [3.63, 3.8) is 0 Å². The molecule has 3 aliphatic heterocycles. The van der Waals surface area contributed by atoms with Crippen LogP contribution in [-0.4, -0.2) is 55.0 Å². The van der Waals surface area contributed by atoms with Gasteiger partial charge < -0.3 is 9.64 Å². The molecule has 1 aromatic carbocycles. The summed E-state index contributed by atoms with van der Waals surface area (Å²) in [6, 6.07) is 6.01. The van der Waals surface area contributed by atoms with E-state index < -0.39 is 15.8 Å². The summed E-state index contributed by atoms with van der Waals surface area (Å²) in [5, 5.41) is 0. The largest absolute Gasteiger partial charge is 0.497 e. The molecule has 3 saturated heterocycles. The second-order valence-corrected chi connectivity index (χ2v) is 8.61. The lowest BCUT2D eigenvalue weighted by Gasteiger charge is -2.55. The summed E-state index contributed by atoms with van der Waals surface area (Å²) < 4.78 is 47.2. The molecule has 0 N–H and O–H groups in total. The molecule has 2 bridgehead atoms. The average molecular weight is 392 g/mol. The van der Waals surface area contributed by atoms with E-state index in [1.807, 2.05) is 11.8 Å². The molecule has 9 heteroatoms. The van der Waals surface area contributed by atoms with Crippen molar-refractivity contribution < 1.29 is 17.5 Å². The third-order valence-electron chi connectivity index (χ3n) is 5.24. The van der Waals surface area contributed by atoms with Crippen molar-refractivity contribution in [1.82, 2.24) is 14.3 Å². The number of hydrogen-bond acceptors (Lipinski definition) is 6. The van der Waals surface area contributed by atoms with Crippen LogP contribution in [0.15, 0.2) is 35.5 Å². The summed E-state index contributed by atoms with van der Waals surface area (Å²) in [7, 11) is -2.05. The number of ether oxygens (including phenoxy) is 1. The van der Waals surface area contributed by atoms with Crippen LogP contribution in [0, 0.1) is 5.82 Å². The third-order valence-corrected chi connectivity index (χ3v) is 7.26. The Kier molecular flexibility index (Phi) is 4.51. The van der Waals surface area contributed by atoms with Crippen LogP contribution in [0.2, 0.25) is 0 Å². The highest BCUT2D eigenvalue weighted by atomic mass is 32.2. The molecule has 2 atom stereocenters. The Bertz CT molecular complexity index is 940. The Morgan fingerprint density at radius 3 is 2.44 bits per heavy atom. The van der Waals surface area contributed by atoms with Gasteiger partial charge in [0.2, 0.25) is 10.0 Å². The number of sulfonamides is 1. The number of aromatic nitrogens is 2. The lowest BCUT2D eigenvalue weighted by Crippen LogP contribution is -2.70. The van der Waals surface area contributed by atoms with Crippen LogP contribution in [0.3, 0.4) is 0 Å². The molecule has 4 heterocycles. The molecule has 0 aliphatic carbocycles. The molecule has 2 aromatic rings. The predicted octanol–water partition coefficient (Wildman–Crippen LogP) is 1.84. The minimum Gasteiger partial charge on any atom is -0.497 e. The molecule has 0 spiro atoms. The number of rotatable bonds is 5. The van der Waals surface area contributed by atoms with Gasteiger partial charge in [0.1, 0.15) is 12.1 Å². The first kappa shape index (κ1) is 18.1. The monoisotopic (exact) mass is 392 g/mol. The zero-order valence-corrected chi connectivity index (χ0v) is 16.0. The van der Waals surface area contributed by atoms with Crippen molar-refractivity contribution >= 4 is 15.8 Å². The zero-order chi connectivity index (χ0) is 19.2. The van der Waals surface area contributed by atoms with Gasteiger partial charge in [-0.3, -0.25) is 0 Å². The van der Waals surface area contributed by atoms with Crippen molar-refractivity contribution in [2.75, 3.05) is 25.1 Å². The molecule has 0 radical (unpaired) electrons. The second-order valence-electron chi connectivity index (χ2n) is 6.77. The highest BCUT2D eigenvalue weighted by Crippen LogP contribution is 2.39. The molecule has 144 valence electrons. The highest BCUT2D eigenvalue weighted by Gasteiger charge is 2.51. The van der Waals surface area contributed by atoms with E-state index in [1.54, 1.807) is 28.6 Å². The number of piperazine rings is 1. The molecule has 27 heavy (non-hydrogen) atoms. The topological polar surface area (TPSA) is 75.6 Å². The Balaban J connectivity index is 1.55. The number of aryl methyl sites for hydroxylation is 1. The fraction of sp³-hybridized carbons (Fsp3) is 0.444. The van der Waals surface area contributed by atoms with Crippen LogP contribution in [0.5, 0.6) is 5.75 Å². The maximum Gasteiger partial charge on any atom is 0.243 e. The van der Waals surface area contributed by atoms with Crippen LogP contribution in [0.1, 0.15) is 19.0 Å². The van der Waals surface area contributed by atoms with E-state index in [0.29, 0.717) is 31.0 Å². The van der Waals surface area contributed by atoms with Gasteiger partial charge in [0.05, 0.1) is 17.7 Å². The fourth-order valence-corrected chi connectivity index (χ4v) is 5.69.